The van der Waals surface area contributed by atoms with E-state index in [1.165, 1.54) is 13.4 Å². The van der Waals surface area contributed by atoms with Gasteiger partial charge in [0.25, 0.3) is 0 Å². The number of nitrogens with zero attached hydrogens (tertiary/aromatic N) is 5. The van der Waals surface area contributed by atoms with Crippen LogP contribution in [0.25, 0.3) is 11.0 Å². The monoisotopic (exact) mass is 403 g/mol. The Morgan fingerprint density at radius 2 is 2.10 bits per heavy atom. The Balaban J connectivity index is 1.60. The molecular formula is C21H21N7O2. The molecule has 2 aromatic heterocycles. The van der Waals surface area contributed by atoms with Crippen LogP contribution in [0.4, 0.5) is 17.5 Å². The summed E-state index contributed by atoms with van der Waals surface area (Å²) in [7, 11) is 1.35. The van der Waals surface area contributed by atoms with Gasteiger partial charge in [0.05, 0.1) is 13.3 Å². The number of nitrogens with two attached hydrogens (primary N) is 1. The Morgan fingerprint density at radius 3 is 2.83 bits per heavy atom. The van der Waals surface area contributed by atoms with Crippen LogP contribution in [0.1, 0.15) is 18.4 Å². The average molecular weight is 403 g/mol. The molecule has 3 aromatic rings. The summed E-state index contributed by atoms with van der Waals surface area (Å²) in [6.45, 7) is 1.08. The zero-order valence-electron chi connectivity index (χ0n) is 16.5. The maximum absolute atomic E-state index is 11.9. The topological polar surface area (TPSA) is 119 Å². The Morgan fingerprint density at radius 1 is 1.30 bits per heavy atom. The van der Waals surface area contributed by atoms with Gasteiger partial charge in [-0.25, -0.2) is 19.9 Å². The van der Waals surface area contributed by atoms with Crippen molar-refractivity contribution < 1.29 is 9.53 Å². The number of terminal acetylenes is 1. The molecule has 0 saturated carbocycles. The lowest BCUT2D eigenvalue weighted by molar-refractivity contribution is -0.147. The first-order valence-electron chi connectivity index (χ1n) is 9.46. The van der Waals surface area contributed by atoms with Crippen molar-refractivity contribution in [2.24, 2.45) is 5.73 Å². The lowest BCUT2D eigenvalue weighted by Crippen LogP contribution is -2.56. The molecule has 0 amide bonds. The maximum atomic E-state index is 11.9. The first kappa shape index (κ1) is 19.5. The van der Waals surface area contributed by atoms with E-state index in [0.717, 1.165) is 11.3 Å². The molecule has 0 spiro atoms. The van der Waals surface area contributed by atoms with Gasteiger partial charge >= 0.3 is 5.97 Å². The van der Waals surface area contributed by atoms with Gasteiger partial charge in [-0.15, -0.1) is 6.42 Å². The normalized spacial score (nSPS) is 15.4. The fourth-order valence-corrected chi connectivity index (χ4v) is 3.43. The number of anilines is 3. The number of rotatable bonds is 4. The Labute approximate surface area is 173 Å². The summed E-state index contributed by atoms with van der Waals surface area (Å²) >= 11 is 0. The second-order valence-electron chi connectivity index (χ2n) is 7.11. The Bertz CT molecular complexity index is 1130. The zero-order chi connectivity index (χ0) is 21.1. The van der Waals surface area contributed by atoms with E-state index >= 15 is 0 Å². The standard InChI is InChI=1S/C21H21N7O2/c1-3-14-5-4-6-15(11-14)26-18-17-16(24-13-25-18)12-23-20(27-17)28-9-7-21(22,8-10-28)19(29)30-2/h1,4-6,11-13H,7-10,22H2,2H3,(H,24,25,26). The molecule has 0 radical (unpaired) electrons. The van der Waals surface area contributed by atoms with Gasteiger partial charge in [-0.05, 0) is 31.0 Å². The number of piperidine rings is 1. The van der Waals surface area contributed by atoms with Crippen molar-refractivity contribution >= 4 is 34.5 Å². The smallest absolute Gasteiger partial charge is 0.325 e. The van der Waals surface area contributed by atoms with Gasteiger partial charge in [0.15, 0.2) is 5.82 Å². The molecule has 1 saturated heterocycles. The number of benzene rings is 1. The van der Waals surface area contributed by atoms with Crippen LogP contribution in [0.3, 0.4) is 0 Å². The predicted molar refractivity (Wildman–Crippen MR) is 113 cm³/mol. The maximum Gasteiger partial charge on any atom is 0.325 e. The highest BCUT2D eigenvalue weighted by atomic mass is 16.5. The molecule has 1 aliphatic heterocycles. The van der Waals surface area contributed by atoms with Gasteiger partial charge in [-0.2, -0.15) is 0 Å². The van der Waals surface area contributed by atoms with Crippen molar-refractivity contribution in [1.82, 2.24) is 19.9 Å². The number of hydrogen-bond acceptors (Lipinski definition) is 9. The third-order valence-electron chi connectivity index (χ3n) is 5.19. The van der Waals surface area contributed by atoms with Gasteiger partial charge in [0.2, 0.25) is 5.95 Å². The van der Waals surface area contributed by atoms with E-state index in [4.69, 9.17) is 16.9 Å². The number of carbonyl (C=O) groups excluding carboxylic acids is 1. The fourth-order valence-electron chi connectivity index (χ4n) is 3.43. The molecule has 30 heavy (non-hydrogen) atoms. The fraction of sp³-hybridized carbons (Fsp3) is 0.286. The van der Waals surface area contributed by atoms with E-state index in [9.17, 15) is 4.79 Å². The van der Waals surface area contributed by atoms with Crippen LogP contribution >= 0.6 is 0 Å². The number of fused-ring (bicyclic) bond motifs is 1. The minimum atomic E-state index is -0.972. The highest BCUT2D eigenvalue weighted by Crippen LogP contribution is 2.27. The van der Waals surface area contributed by atoms with Crippen molar-refractivity contribution in [2.75, 3.05) is 30.4 Å². The van der Waals surface area contributed by atoms with Crippen molar-refractivity contribution in [1.29, 1.82) is 0 Å². The SMILES string of the molecule is C#Cc1cccc(Nc2ncnc3cnc(N4CCC(N)(C(=O)OC)CC4)nc23)c1. The number of carbonyl (C=O) groups is 1. The van der Waals surface area contributed by atoms with Gasteiger partial charge in [0, 0.05) is 24.3 Å². The molecule has 1 aliphatic rings. The molecule has 4 rings (SSSR count). The van der Waals surface area contributed by atoms with E-state index in [-0.39, 0.29) is 0 Å². The summed E-state index contributed by atoms with van der Waals surface area (Å²) in [6.07, 6.45) is 9.51. The minimum absolute atomic E-state index is 0.393. The van der Waals surface area contributed by atoms with Crippen molar-refractivity contribution in [3.8, 4) is 12.3 Å². The number of esters is 1. The van der Waals surface area contributed by atoms with Gasteiger partial charge in [-0.1, -0.05) is 12.0 Å². The quantitative estimate of drug-likeness (QED) is 0.494. The highest BCUT2D eigenvalue weighted by Gasteiger charge is 2.39. The number of hydrogen-bond donors (Lipinski definition) is 2. The first-order valence-corrected chi connectivity index (χ1v) is 9.46. The zero-order valence-corrected chi connectivity index (χ0v) is 16.5. The van der Waals surface area contributed by atoms with Crippen LogP contribution in [0.2, 0.25) is 0 Å². The number of nitrogens with one attached hydrogen (secondary N) is 1. The molecule has 152 valence electrons. The molecule has 0 atom stereocenters. The molecule has 9 heteroatoms. The summed E-state index contributed by atoms with van der Waals surface area (Å²) < 4.78 is 4.83. The van der Waals surface area contributed by atoms with Crippen LogP contribution in [0, 0.1) is 12.3 Å². The summed E-state index contributed by atoms with van der Waals surface area (Å²) in [5.74, 6) is 3.31. The van der Waals surface area contributed by atoms with E-state index < -0.39 is 11.5 Å². The van der Waals surface area contributed by atoms with Crippen molar-refractivity contribution in [3.63, 3.8) is 0 Å². The van der Waals surface area contributed by atoms with Crippen molar-refractivity contribution in [2.45, 2.75) is 18.4 Å². The minimum Gasteiger partial charge on any atom is -0.468 e. The third-order valence-corrected chi connectivity index (χ3v) is 5.19. The lowest BCUT2D eigenvalue weighted by Gasteiger charge is -2.36. The van der Waals surface area contributed by atoms with Crippen LogP contribution in [0.15, 0.2) is 36.8 Å². The molecule has 1 aromatic carbocycles. The predicted octanol–water partition coefficient (Wildman–Crippen LogP) is 1.62. The largest absolute Gasteiger partial charge is 0.468 e. The second kappa shape index (κ2) is 7.93. The molecule has 1 fully saturated rings. The lowest BCUT2D eigenvalue weighted by atomic mass is 9.89. The summed E-state index contributed by atoms with van der Waals surface area (Å²) in [4.78, 5) is 31.6. The molecule has 0 bridgehead atoms. The highest BCUT2D eigenvalue weighted by molar-refractivity contribution is 5.87. The molecular weight excluding hydrogens is 382 g/mol. The van der Waals surface area contributed by atoms with Gasteiger partial charge < -0.3 is 20.7 Å². The third kappa shape index (κ3) is 3.73. The van der Waals surface area contributed by atoms with E-state index in [0.29, 0.717) is 48.7 Å². The molecule has 0 unspecified atom stereocenters. The summed E-state index contributed by atoms with van der Waals surface area (Å²) in [5, 5.41) is 3.25. The molecule has 0 aliphatic carbocycles. The van der Waals surface area contributed by atoms with Gasteiger partial charge in [-0.3, -0.25) is 4.79 Å². The van der Waals surface area contributed by atoms with Crippen LogP contribution < -0.4 is 16.0 Å². The summed E-state index contributed by atoms with van der Waals surface area (Å²) in [5.41, 5.74) is 7.99. The van der Waals surface area contributed by atoms with Crippen molar-refractivity contribution in [3.05, 3.63) is 42.4 Å². The summed E-state index contributed by atoms with van der Waals surface area (Å²) in [6, 6.07) is 7.48. The van der Waals surface area contributed by atoms with Crippen LogP contribution in [-0.4, -0.2) is 51.6 Å². The van der Waals surface area contributed by atoms with Gasteiger partial charge in [0.1, 0.15) is 22.9 Å². The molecule has 3 N–H and O–H groups in total. The molecule has 3 heterocycles. The van der Waals surface area contributed by atoms with E-state index in [2.05, 4.69) is 31.2 Å². The Kier molecular flexibility index (Phi) is 5.16. The number of ether oxygens (including phenoxy) is 1. The number of aromatic nitrogens is 4. The van der Waals surface area contributed by atoms with E-state index in [1.54, 1.807) is 6.20 Å². The Hall–Kier alpha value is -3.77. The average Bonchev–Trinajstić information content (AvgIpc) is 2.79. The second-order valence-corrected chi connectivity index (χ2v) is 7.11. The van der Waals surface area contributed by atoms with E-state index in [1.807, 2.05) is 29.2 Å². The van der Waals surface area contributed by atoms with Crippen LogP contribution in [0.5, 0.6) is 0 Å². The van der Waals surface area contributed by atoms with Crippen LogP contribution in [-0.2, 0) is 9.53 Å². The first-order chi connectivity index (χ1) is 14.5. The number of methoxy groups -OCH3 is 1. The molecule has 9 nitrogen and oxygen atoms in total.